The summed E-state index contributed by atoms with van der Waals surface area (Å²) in [6, 6.07) is 4.15. The van der Waals surface area contributed by atoms with E-state index in [1.165, 1.54) is 9.75 Å². The Morgan fingerprint density at radius 1 is 1.48 bits per heavy atom. The summed E-state index contributed by atoms with van der Waals surface area (Å²) in [5.74, 6) is -0.0893. The van der Waals surface area contributed by atoms with Crippen molar-refractivity contribution in [3.63, 3.8) is 0 Å². The summed E-state index contributed by atoms with van der Waals surface area (Å²) in [4.78, 5) is 16.9. The summed E-state index contributed by atoms with van der Waals surface area (Å²) in [6.45, 7) is 8.49. The molecule has 2 N–H and O–H groups in total. The third-order valence-corrected chi connectivity index (χ3v) is 4.92. The van der Waals surface area contributed by atoms with E-state index in [4.69, 9.17) is 5.73 Å². The highest BCUT2D eigenvalue weighted by atomic mass is 32.1. The number of hydrogen-bond donors (Lipinski definition) is 1. The van der Waals surface area contributed by atoms with Crippen molar-refractivity contribution in [1.29, 1.82) is 0 Å². The van der Waals surface area contributed by atoms with E-state index in [0.717, 1.165) is 0 Å². The molecule has 0 aliphatic carbocycles. The minimum atomic E-state index is -0.0893. The van der Waals surface area contributed by atoms with Gasteiger partial charge in [-0.25, -0.2) is 0 Å². The number of aromatic nitrogens is 2. The van der Waals surface area contributed by atoms with Crippen LogP contribution in [0.3, 0.4) is 0 Å². The zero-order chi connectivity index (χ0) is 15.7. The van der Waals surface area contributed by atoms with Crippen molar-refractivity contribution in [3.05, 3.63) is 33.3 Å². The lowest BCUT2D eigenvalue weighted by Crippen LogP contribution is -2.31. The molecule has 2 heterocycles. The van der Waals surface area contributed by atoms with Gasteiger partial charge in [-0.15, -0.1) is 11.3 Å². The molecule has 1 atom stereocenters. The average molecular weight is 306 g/mol. The molecule has 0 bridgehead atoms. The molecule has 0 aliphatic heterocycles. The molecule has 0 saturated carbocycles. The van der Waals surface area contributed by atoms with E-state index < -0.39 is 0 Å². The summed E-state index contributed by atoms with van der Waals surface area (Å²) < 4.78 is 1.68. The number of aryl methyl sites for hydroxylation is 3. The molecule has 21 heavy (non-hydrogen) atoms. The third-order valence-electron chi connectivity index (χ3n) is 3.75. The molecule has 0 saturated heterocycles. The first kappa shape index (κ1) is 15.6. The van der Waals surface area contributed by atoms with Gasteiger partial charge in [0.15, 0.2) is 0 Å². The van der Waals surface area contributed by atoms with Gasteiger partial charge >= 0.3 is 0 Å². The molecule has 1 amide bonds. The molecule has 2 aromatic rings. The lowest BCUT2D eigenvalue weighted by atomic mass is 10.2. The summed E-state index contributed by atoms with van der Waals surface area (Å²) in [6.07, 6.45) is 0. The zero-order valence-corrected chi connectivity index (χ0v) is 14.0. The van der Waals surface area contributed by atoms with Gasteiger partial charge in [0.05, 0.1) is 17.4 Å². The summed E-state index contributed by atoms with van der Waals surface area (Å²) in [5, 5.41) is 4.32. The number of carbonyl (C=O) groups is 1. The topological polar surface area (TPSA) is 64.2 Å². The Bertz CT molecular complexity index is 659. The molecule has 6 heteroatoms. The standard InChI is InChI=1S/C15H22N4OS/c1-6-19-14(13(16)10(3)17-19)15(20)18(5)11(4)12-8-7-9(2)21-12/h7-8,11H,6,16H2,1-5H3. The molecule has 2 aromatic heterocycles. The number of thiophene rings is 1. The van der Waals surface area contributed by atoms with Crippen LogP contribution in [0.1, 0.15) is 45.8 Å². The van der Waals surface area contributed by atoms with Crippen LogP contribution in [-0.4, -0.2) is 27.6 Å². The molecule has 1 unspecified atom stereocenters. The van der Waals surface area contributed by atoms with Crippen molar-refractivity contribution in [2.75, 3.05) is 12.8 Å². The number of nitrogen functional groups attached to an aromatic ring is 1. The van der Waals surface area contributed by atoms with Crippen LogP contribution in [-0.2, 0) is 6.54 Å². The molecule has 114 valence electrons. The van der Waals surface area contributed by atoms with E-state index in [9.17, 15) is 4.79 Å². The second kappa shape index (κ2) is 5.89. The fourth-order valence-corrected chi connectivity index (χ4v) is 3.23. The molecule has 0 radical (unpaired) electrons. The summed E-state index contributed by atoms with van der Waals surface area (Å²) in [7, 11) is 1.81. The van der Waals surface area contributed by atoms with E-state index in [2.05, 4.69) is 24.2 Å². The smallest absolute Gasteiger partial charge is 0.274 e. The van der Waals surface area contributed by atoms with Crippen molar-refractivity contribution >= 4 is 22.9 Å². The van der Waals surface area contributed by atoms with Crippen molar-refractivity contribution in [2.45, 2.75) is 40.3 Å². The van der Waals surface area contributed by atoms with Crippen LogP contribution in [0.4, 0.5) is 5.69 Å². The minimum absolute atomic E-state index is 0.0103. The first-order valence-electron chi connectivity index (χ1n) is 7.03. The quantitative estimate of drug-likeness (QED) is 0.944. The first-order chi connectivity index (χ1) is 9.86. The fourth-order valence-electron chi connectivity index (χ4n) is 2.26. The monoisotopic (exact) mass is 306 g/mol. The van der Waals surface area contributed by atoms with Crippen LogP contribution in [0.25, 0.3) is 0 Å². The van der Waals surface area contributed by atoms with Crippen LogP contribution >= 0.6 is 11.3 Å². The summed E-state index contributed by atoms with van der Waals surface area (Å²) >= 11 is 1.71. The van der Waals surface area contributed by atoms with Gasteiger partial charge in [0.25, 0.3) is 5.91 Å². The van der Waals surface area contributed by atoms with Gasteiger partial charge in [-0.2, -0.15) is 5.10 Å². The second-order valence-electron chi connectivity index (χ2n) is 5.20. The van der Waals surface area contributed by atoms with Crippen LogP contribution < -0.4 is 5.73 Å². The first-order valence-corrected chi connectivity index (χ1v) is 7.84. The van der Waals surface area contributed by atoms with Gasteiger partial charge in [0.2, 0.25) is 0 Å². The Labute approximate surface area is 129 Å². The number of carbonyl (C=O) groups excluding carboxylic acids is 1. The molecule has 0 aliphatic rings. The Kier molecular flexibility index (Phi) is 4.37. The maximum Gasteiger partial charge on any atom is 0.274 e. The highest BCUT2D eigenvalue weighted by molar-refractivity contribution is 7.12. The molecule has 0 fully saturated rings. The number of nitrogens with zero attached hydrogens (tertiary/aromatic N) is 3. The highest BCUT2D eigenvalue weighted by Crippen LogP contribution is 2.28. The number of anilines is 1. The molecule has 0 spiro atoms. The van der Waals surface area contributed by atoms with E-state index in [-0.39, 0.29) is 11.9 Å². The molecule has 0 aromatic carbocycles. The third kappa shape index (κ3) is 2.81. The zero-order valence-electron chi connectivity index (χ0n) is 13.2. The van der Waals surface area contributed by atoms with Gasteiger partial charge in [0.1, 0.15) is 5.69 Å². The van der Waals surface area contributed by atoms with Gasteiger partial charge in [-0.05, 0) is 39.8 Å². The van der Waals surface area contributed by atoms with E-state index >= 15 is 0 Å². The highest BCUT2D eigenvalue weighted by Gasteiger charge is 2.26. The van der Waals surface area contributed by atoms with E-state index in [1.807, 2.05) is 27.8 Å². The van der Waals surface area contributed by atoms with Crippen LogP contribution in [0.15, 0.2) is 12.1 Å². The Morgan fingerprint density at radius 2 is 2.14 bits per heavy atom. The van der Waals surface area contributed by atoms with Gasteiger partial charge < -0.3 is 10.6 Å². The maximum atomic E-state index is 12.8. The molecular formula is C15H22N4OS. The van der Waals surface area contributed by atoms with Crippen molar-refractivity contribution in [1.82, 2.24) is 14.7 Å². The lowest BCUT2D eigenvalue weighted by Gasteiger charge is -2.24. The second-order valence-corrected chi connectivity index (χ2v) is 6.52. The van der Waals surface area contributed by atoms with Gasteiger partial charge in [-0.3, -0.25) is 9.48 Å². The summed E-state index contributed by atoms with van der Waals surface area (Å²) in [5.41, 5.74) is 7.69. The maximum absolute atomic E-state index is 12.8. The number of amides is 1. The minimum Gasteiger partial charge on any atom is -0.395 e. The van der Waals surface area contributed by atoms with E-state index in [1.54, 1.807) is 20.9 Å². The molecular weight excluding hydrogens is 284 g/mol. The molecule has 2 rings (SSSR count). The lowest BCUT2D eigenvalue weighted by molar-refractivity contribution is 0.0733. The number of hydrogen-bond acceptors (Lipinski definition) is 4. The van der Waals surface area contributed by atoms with Crippen LogP contribution in [0, 0.1) is 13.8 Å². The van der Waals surface area contributed by atoms with Gasteiger partial charge in [-0.1, -0.05) is 0 Å². The number of rotatable bonds is 4. The van der Waals surface area contributed by atoms with Crippen LogP contribution in [0.5, 0.6) is 0 Å². The fraction of sp³-hybridized carbons (Fsp3) is 0.467. The predicted molar refractivity (Wildman–Crippen MR) is 86.6 cm³/mol. The Hall–Kier alpha value is -1.82. The average Bonchev–Trinajstić information content (AvgIpc) is 3.01. The van der Waals surface area contributed by atoms with Crippen LogP contribution in [0.2, 0.25) is 0 Å². The largest absolute Gasteiger partial charge is 0.395 e. The van der Waals surface area contributed by atoms with E-state index in [0.29, 0.717) is 23.6 Å². The van der Waals surface area contributed by atoms with Gasteiger partial charge in [0, 0.05) is 23.3 Å². The number of nitrogens with two attached hydrogens (primary N) is 1. The normalized spacial score (nSPS) is 12.4. The van der Waals surface area contributed by atoms with Crippen molar-refractivity contribution in [3.8, 4) is 0 Å². The Balaban J connectivity index is 2.31. The SMILES string of the molecule is CCn1nc(C)c(N)c1C(=O)N(C)C(C)c1ccc(C)s1. The molecule has 5 nitrogen and oxygen atoms in total. The van der Waals surface area contributed by atoms with Crippen molar-refractivity contribution in [2.24, 2.45) is 0 Å². The predicted octanol–water partition coefficient (Wildman–Crippen LogP) is 3.00. The Morgan fingerprint density at radius 3 is 2.67 bits per heavy atom. The van der Waals surface area contributed by atoms with Crippen molar-refractivity contribution < 1.29 is 4.79 Å².